The average Bonchev–Trinajstić information content (AvgIpc) is 3.23. The lowest BCUT2D eigenvalue weighted by atomic mass is 9.88. The maximum absolute atomic E-state index is 13.0. The predicted octanol–water partition coefficient (Wildman–Crippen LogP) is 3.97. The van der Waals surface area contributed by atoms with E-state index in [2.05, 4.69) is 9.88 Å². The molecule has 1 aliphatic heterocycles. The van der Waals surface area contributed by atoms with E-state index >= 15 is 0 Å². The van der Waals surface area contributed by atoms with Crippen LogP contribution in [0, 0.1) is 5.92 Å². The molecule has 2 atom stereocenters. The van der Waals surface area contributed by atoms with Crippen molar-refractivity contribution in [1.29, 1.82) is 0 Å². The van der Waals surface area contributed by atoms with Crippen molar-refractivity contribution in [3.8, 4) is 5.75 Å². The van der Waals surface area contributed by atoms with Gasteiger partial charge in [-0.1, -0.05) is 36.9 Å². The molecule has 8 heteroatoms. The van der Waals surface area contributed by atoms with Crippen LogP contribution in [0.3, 0.4) is 0 Å². The Morgan fingerprint density at radius 3 is 2.78 bits per heavy atom. The number of methoxy groups -OCH3 is 1. The number of hydrogen-bond donors (Lipinski definition) is 2. The molecule has 172 valence electrons. The van der Waals surface area contributed by atoms with Gasteiger partial charge in [0.05, 0.1) is 7.11 Å². The van der Waals surface area contributed by atoms with Crippen LogP contribution < -0.4 is 10.1 Å². The molecule has 2 heterocycles. The maximum atomic E-state index is 13.0. The van der Waals surface area contributed by atoms with E-state index in [0.717, 1.165) is 18.1 Å². The van der Waals surface area contributed by atoms with Crippen molar-refractivity contribution in [2.24, 2.45) is 5.92 Å². The third-order valence-electron chi connectivity index (χ3n) is 6.75. The molecule has 0 radical (unpaired) electrons. The van der Waals surface area contributed by atoms with Gasteiger partial charge in [0.1, 0.15) is 17.6 Å². The highest BCUT2D eigenvalue weighted by Crippen LogP contribution is 2.34. The molecule has 4 rings (SSSR count). The number of nitrogens with zero attached hydrogens (tertiary/aromatic N) is 2. The molecule has 2 aromatic rings. The second-order valence-corrected chi connectivity index (χ2v) is 9.28. The maximum Gasteiger partial charge on any atom is 0.326 e. The number of aromatic nitrogens is 2. The Kier molecular flexibility index (Phi) is 7.04. The van der Waals surface area contributed by atoms with Crippen LogP contribution in [0.2, 0.25) is 5.02 Å². The molecule has 7 nitrogen and oxygen atoms in total. The van der Waals surface area contributed by atoms with Crippen LogP contribution in [0.1, 0.15) is 61.5 Å². The first-order chi connectivity index (χ1) is 15.5. The molecule has 2 unspecified atom stereocenters. The summed E-state index contributed by atoms with van der Waals surface area (Å²) in [7, 11) is 1.51. The van der Waals surface area contributed by atoms with Crippen molar-refractivity contribution in [3.05, 3.63) is 46.5 Å². The van der Waals surface area contributed by atoms with Crippen molar-refractivity contribution in [3.63, 3.8) is 0 Å². The van der Waals surface area contributed by atoms with Gasteiger partial charge in [-0.05, 0) is 37.0 Å². The Balaban J connectivity index is 1.42. The van der Waals surface area contributed by atoms with E-state index < -0.39 is 12.0 Å². The van der Waals surface area contributed by atoms with Gasteiger partial charge >= 0.3 is 5.97 Å². The number of rotatable bonds is 7. The Morgan fingerprint density at radius 1 is 1.28 bits per heavy atom. The van der Waals surface area contributed by atoms with Gasteiger partial charge in [-0.25, -0.2) is 9.78 Å². The van der Waals surface area contributed by atoms with E-state index in [1.807, 2.05) is 6.20 Å². The first-order valence-corrected chi connectivity index (χ1v) is 11.7. The van der Waals surface area contributed by atoms with Gasteiger partial charge in [-0.3, -0.25) is 4.79 Å². The molecule has 2 aliphatic rings. The van der Waals surface area contributed by atoms with Gasteiger partial charge in [0.15, 0.2) is 0 Å². The number of carbonyl (C=O) groups is 2. The number of amides is 1. The van der Waals surface area contributed by atoms with Crippen LogP contribution in [0.15, 0.2) is 24.4 Å². The monoisotopic (exact) mass is 459 g/mol. The minimum absolute atomic E-state index is 0.123. The lowest BCUT2D eigenvalue weighted by Gasteiger charge is -2.28. The van der Waals surface area contributed by atoms with Crippen molar-refractivity contribution in [1.82, 2.24) is 14.9 Å². The van der Waals surface area contributed by atoms with Crippen molar-refractivity contribution in [2.75, 3.05) is 7.11 Å². The summed E-state index contributed by atoms with van der Waals surface area (Å²) >= 11 is 6.00. The Hall–Kier alpha value is -2.54. The number of fused-ring (bicyclic) bond motifs is 1. The highest BCUT2D eigenvalue weighted by molar-refractivity contribution is 6.30. The second kappa shape index (κ2) is 9.94. The molecule has 0 saturated heterocycles. The third kappa shape index (κ3) is 4.93. The zero-order valence-electron chi connectivity index (χ0n) is 18.3. The number of carboxylic acids is 1. The summed E-state index contributed by atoms with van der Waals surface area (Å²) < 4.78 is 7.60. The Morgan fingerprint density at radius 2 is 2.06 bits per heavy atom. The van der Waals surface area contributed by atoms with E-state index in [1.54, 1.807) is 18.2 Å². The minimum atomic E-state index is -1.07. The molecule has 1 aromatic carbocycles. The normalized spacial score (nSPS) is 19.8. The molecular weight excluding hydrogens is 430 g/mol. The first kappa shape index (κ1) is 22.6. The van der Waals surface area contributed by atoms with Crippen molar-refractivity contribution in [2.45, 2.75) is 69.9 Å². The number of nitrogens with one attached hydrogen (secondary N) is 1. The topological polar surface area (TPSA) is 93.5 Å². The lowest BCUT2D eigenvalue weighted by molar-refractivity contribution is -0.142. The summed E-state index contributed by atoms with van der Waals surface area (Å²) in [6, 6.07) is 4.02. The van der Waals surface area contributed by atoms with Crippen molar-refractivity contribution < 1.29 is 19.4 Å². The SMILES string of the molecule is COc1cc(Cl)ccc1CC(NC(=O)C1CCn2c(cnc2C2CCCCC2)C1)C(=O)O. The number of benzene rings is 1. The number of carboxylic acid groups (broad SMARTS) is 1. The number of carbonyl (C=O) groups excluding carboxylic acids is 1. The fraction of sp³-hybridized carbons (Fsp3) is 0.542. The fourth-order valence-electron chi connectivity index (χ4n) is 4.99. The standard InChI is InChI=1S/C24H30ClN3O4/c1-32-21-13-18(25)8-7-16(21)12-20(24(30)31)27-23(29)17-9-10-28-19(11-17)14-26-22(28)15-5-3-2-4-6-15/h7-8,13-15,17,20H,2-6,9-12H2,1H3,(H,27,29)(H,30,31). The number of aliphatic carboxylic acids is 1. The quantitative estimate of drug-likeness (QED) is 0.653. The molecule has 32 heavy (non-hydrogen) atoms. The van der Waals surface area contributed by atoms with Gasteiger partial charge < -0.3 is 19.7 Å². The van der Waals surface area contributed by atoms with Crippen LogP contribution in [-0.4, -0.2) is 39.7 Å². The van der Waals surface area contributed by atoms with Gasteiger partial charge in [-0.15, -0.1) is 0 Å². The highest BCUT2D eigenvalue weighted by atomic mass is 35.5. The minimum Gasteiger partial charge on any atom is -0.496 e. The smallest absolute Gasteiger partial charge is 0.326 e. The zero-order chi connectivity index (χ0) is 22.7. The number of imidazole rings is 1. The molecule has 1 aromatic heterocycles. The van der Waals surface area contributed by atoms with E-state index in [1.165, 1.54) is 39.2 Å². The van der Waals surface area contributed by atoms with Crippen LogP contribution >= 0.6 is 11.6 Å². The lowest BCUT2D eigenvalue weighted by Crippen LogP contribution is -2.46. The molecule has 1 saturated carbocycles. The molecular formula is C24H30ClN3O4. The number of hydrogen-bond acceptors (Lipinski definition) is 4. The van der Waals surface area contributed by atoms with Crippen LogP contribution in [-0.2, 0) is 29.0 Å². The summed E-state index contributed by atoms with van der Waals surface area (Å²) in [5.74, 6) is 0.639. The van der Waals surface area contributed by atoms with Crippen LogP contribution in [0.4, 0.5) is 0 Å². The molecule has 0 bridgehead atoms. The third-order valence-corrected chi connectivity index (χ3v) is 6.99. The summed E-state index contributed by atoms with van der Waals surface area (Å²) in [6.07, 6.45) is 9.49. The van der Waals surface area contributed by atoms with E-state index in [-0.39, 0.29) is 18.2 Å². The van der Waals surface area contributed by atoms with Crippen molar-refractivity contribution >= 4 is 23.5 Å². The predicted molar refractivity (Wildman–Crippen MR) is 121 cm³/mol. The van der Waals surface area contributed by atoms with Gasteiger partial charge in [0.25, 0.3) is 0 Å². The Bertz CT molecular complexity index is 984. The molecule has 0 spiro atoms. The fourth-order valence-corrected chi connectivity index (χ4v) is 5.16. The number of halogens is 1. The molecule has 1 fully saturated rings. The van der Waals surface area contributed by atoms with E-state index in [9.17, 15) is 14.7 Å². The van der Waals surface area contributed by atoms with E-state index in [0.29, 0.717) is 35.1 Å². The summed E-state index contributed by atoms with van der Waals surface area (Å²) in [4.78, 5) is 29.5. The van der Waals surface area contributed by atoms with Crippen LogP contribution in [0.5, 0.6) is 5.75 Å². The second-order valence-electron chi connectivity index (χ2n) is 8.84. The highest BCUT2D eigenvalue weighted by Gasteiger charge is 2.31. The first-order valence-electron chi connectivity index (χ1n) is 11.4. The van der Waals surface area contributed by atoms with Gasteiger partial charge in [-0.2, -0.15) is 0 Å². The molecule has 1 amide bonds. The van der Waals surface area contributed by atoms with Gasteiger partial charge in [0.2, 0.25) is 5.91 Å². The van der Waals surface area contributed by atoms with E-state index in [4.69, 9.17) is 21.3 Å². The summed E-state index contributed by atoms with van der Waals surface area (Å²) in [5, 5.41) is 13.0. The summed E-state index contributed by atoms with van der Waals surface area (Å²) in [5.41, 5.74) is 1.76. The largest absolute Gasteiger partial charge is 0.496 e. The number of ether oxygens (including phenoxy) is 1. The van der Waals surface area contributed by atoms with Crippen LogP contribution in [0.25, 0.3) is 0 Å². The summed E-state index contributed by atoms with van der Waals surface area (Å²) in [6.45, 7) is 0.752. The van der Waals surface area contributed by atoms with Gasteiger partial charge in [0, 0.05) is 48.1 Å². The zero-order valence-corrected chi connectivity index (χ0v) is 19.1. The molecule has 1 aliphatic carbocycles. The molecule has 2 N–H and O–H groups in total. The Labute approximate surface area is 193 Å². The average molecular weight is 460 g/mol.